The largest absolute Gasteiger partial charge is 0.377 e. The second kappa shape index (κ2) is 7.73. The number of fused-ring (bicyclic) bond motifs is 3. The molecule has 1 saturated heterocycles. The maximum Gasteiger partial charge on any atom is 0.0701 e. The topological polar surface area (TPSA) is 18.5 Å². The zero-order valence-corrected chi connectivity index (χ0v) is 15.5. The van der Waals surface area contributed by atoms with E-state index in [2.05, 4.69) is 68.3 Å². The zero-order chi connectivity index (χ0) is 15.4. The number of benzene rings is 2. The minimum Gasteiger partial charge on any atom is -0.377 e. The summed E-state index contributed by atoms with van der Waals surface area (Å²) in [5.41, 5.74) is 5.67. The molecule has 0 aromatic heterocycles. The van der Waals surface area contributed by atoms with Crippen LogP contribution in [0.15, 0.2) is 45.3 Å². The lowest BCUT2D eigenvalue weighted by atomic mass is 9.86. The Balaban J connectivity index is 0.000000202. The van der Waals surface area contributed by atoms with Crippen LogP contribution in [0.3, 0.4) is 0 Å². The minimum absolute atomic E-state index is 0.778. The minimum atomic E-state index is 0.778. The maximum absolute atomic E-state index is 4.94. The van der Waals surface area contributed by atoms with Crippen LogP contribution in [-0.2, 0) is 22.3 Å². The molecule has 2 aromatic rings. The fraction of sp³-hybridized carbons (Fsp3) is 0.333. The first-order chi connectivity index (χ1) is 10.7. The molecule has 1 heterocycles. The van der Waals surface area contributed by atoms with E-state index in [1.54, 1.807) is 0 Å². The molecule has 0 radical (unpaired) electrons. The molecule has 116 valence electrons. The summed E-state index contributed by atoms with van der Waals surface area (Å²) >= 11 is 7.07. The molecular weight excluding hydrogens is 408 g/mol. The highest BCUT2D eigenvalue weighted by molar-refractivity contribution is 9.10. The number of rotatable bonds is 0. The van der Waals surface area contributed by atoms with Gasteiger partial charge in [0.05, 0.1) is 26.4 Å². The molecule has 1 aliphatic carbocycles. The van der Waals surface area contributed by atoms with E-state index in [0.29, 0.717) is 0 Å². The standard InChI is InChI=1S/C14H10Br2.C4H8O2/c15-11-3-5-13-9(7-11)1-2-10-8-12(16)4-6-14(10)13;1-2-6-4-3-5-1/h3-8H,1-2H2;1-4H2. The molecular formula is C18H18Br2O2. The van der Waals surface area contributed by atoms with E-state index in [1.807, 2.05) is 0 Å². The number of hydrogen-bond donors (Lipinski definition) is 0. The lowest BCUT2D eigenvalue weighted by Gasteiger charge is -2.20. The molecule has 0 N–H and O–H groups in total. The smallest absolute Gasteiger partial charge is 0.0701 e. The van der Waals surface area contributed by atoms with Gasteiger partial charge in [0.25, 0.3) is 0 Å². The Kier molecular flexibility index (Phi) is 5.69. The van der Waals surface area contributed by atoms with E-state index in [9.17, 15) is 0 Å². The Hall–Kier alpha value is -0.680. The molecule has 1 fully saturated rings. The van der Waals surface area contributed by atoms with Crippen molar-refractivity contribution in [1.82, 2.24) is 0 Å². The maximum atomic E-state index is 4.94. The van der Waals surface area contributed by atoms with Gasteiger partial charge in [0.15, 0.2) is 0 Å². The zero-order valence-electron chi connectivity index (χ0n) is 12.3. The van der Waals surface area contributed by atoms with Crippen LogP contribution in [0.2, 0.25) is 0 Å². The molecule has 22 heavy (non-hydrogen) atoms. The van der Waals surface area contributed by atoms with E-state index in [0.717, 1.165) is 39.3 Å². The van der Waals surface area contributed by atoms with Crippen molar-refractivity contribution in [1.29, 1.82) is 0 Å². The van der Waals surface area contributed by atoms with Gasteiger partial charge in [-0.1, -0.05) is 44.0 Å². The fourth-order valence-electron chi connectivity index (χ4n) is 2.77. The van der Waals surface area contributed by atoms with Crippen molar-refractivity contribution in [3.8, 4) is 11.1 Å². The van der Waals surface area contributed by atoms with Crippen molar-refractivity contribution in [2.24, 2.45) is 0 Å². The van der Waals surface area contributed by atoms with Crippen molar-refractivity contribution in [3.05, 3.63) is 56.5 Å². The van der Waals surface area contributed by atoms with Crippen LogP contribution in [0, 0.1) is 0 Å². The summed E-state index contributed by atoms with van der Waals surface area (Å²) in [6, 6.07) is 13.1. The average molecular weight is 426 g/mol. The van der Waals surface area contributed by atoms with Gasteiger partial charge in [-0.25, -0.2) is 0 Å². The predicted octanol–water partition coefficient (Wildman–Crippen LogP) is 5.01. The highest BCUT2D eigenvalue weighted by atomic mass is 79.9. The summed E-state index contributed by atoms with van der Waals surface area (Å²) < 4.78 is 12.2. The molecule has 0 atom stereocenters. The summed E-state index contributed by atoms with van der Waals surface area (Å²) in [4.78, 5) is 0. The molecule has 2 nitrogen and oxygen atoms in total. The van der Waals surface area contributed by atoms with Gasteiger partial charge < -0.3 is 9.47 Å². The molecule has 0 bridgehead atoms. The molecule has 0 spiro atoms. The summed E-state index contributed by atoms with van der Waals surface area (Å²) in [7, 11) is 0. The molecule has 1 aliphatic heterocycles. The van der Waals surface area contributed by atoms with Gasteiger partial charge in [-0.3, -0.25) is 0 Å². The number of aryl methyl sites for hydroxylation is 2. The average Bonchev–Trinajstić information content (AvgIpc) is 2.56. The van der Waals surface area contributed by atoms with Crippen LogP contribution in [0.5, 0.6) is 0 Å². The van der Waals surface area contributed by atoms with E-state index >= 15 is 0 Å². The third-order valence-electron chi connectivity index (χ3n) is 3.83. The van der Waals surface area contributed by atoms with Gasteiger partial charge in [-0.05, 0) is 59.4 Å². The number of hydrogen-bond acceptors (Lipinski definition) is 2. The lowest BCUT2D eigenvalue weighted by molar-refractivity contribution is -0.0334. The van der Waals surface area contributed by atoms with Crippen molar-refractivity contribution in [2.75, 3.05) is 26.4 Å². The molecule has 2 aliphatic rings. The van der Waals surface area contributed by atoms with E-state index in [4.69, 9.17) is 9.47 Å². The second-order valence-corrected chi connectivity index (χ2v) is 7.16. The first kappa shape index (κ1) is 16.2. The van der Waals surface area contributed by atoms with Crippen LogP contribution < -0.4 is 0 Å². The Morgan fingerprint density at radius 1 is 0.636 bits per heavy atom. The van der Waals surface area contributed by atoms with E-state index in [1.165, 1.54) is 31.2 Å². The van der Waals surface area contributed by atoms with Gasteiger partial charge in [0, 0.05) is 8.95 Å². The summed E-state index contributed by atoms with van der Waals surface area (Å²) in [6.07, 6.45) is 2.27. The lowest BCUT2D eigenvalue weighted by Crippen LogP contribution is -2.16. The van der Waals surface area contributed by atoms with Gasteiger partial charge >= 0.3 is 0 Å². The SMILES string of the molecule is Brc1ccc2c(c1)CCc1cc(Br)ccc1-2.C1COCCO1. The number of ether oxygens (including phenoxy) is 2. The van der Waals surface area contributed by atoms with E-state index < -0.39 is 0 Å². The Bertz CT molecular complexity index is 589. The van der Waals surface area contributed by atoms with Gasteiger partial charge in [0.2, 0.25) is 0 Å². The highest BCUT2D eigenvalue weighted by Crippen LogP contribution is 2.36. The molecule has 0 saturated carbocycles. The van der Waals surface area contributed by atoms with Crippen molar-refractivity contribution in [2.45, 2.75) is 12.8 Å². The van der Waals surface area contributed by atoms with Crippen molar-refractivity contribution in [3.63, 3.8) is 0 Å². The fourth-order valence-corrected chi connectivity index (χ4v) is 3.59. The van der Waals surface area contributed by atoms with Crippen molar-refractivity contribution < 1.29 is 9.47 Å². The Morgan fingerprint density at radius 2 is 1.05 bits per heavy atom. The van der Waals surface area contributed by atoms with Gasteiger partial charge in [0.1, 0.15) is 0 Å². The molecule has 0 unspecified atom stereocenters. The Labute approximate surface area is 148 Å². The van der Waals surface area contributed by atoms with Crippen LogP contribution in [-0.4, -0.2) is 26.4 Å². The molecule has 2 aromatic carbocycles. The highest BCUT2D eigenvalue weighted by Gasteiger charge is 2.15. The quantitative estimate of drug-likeness (QED) is 0.590. The van der Waals surface area contributed by atoms with Crippen LogP contribution in [0.4, 0.5) is 0 Å². The van der Waals surface area contributed by atoms with Gasteiger partial charge in [-0.2, -0.15) is 0 Å². The van der Waals surface area contributed by atoms with Crippen LogP contribution in [0.1, 0.15) is 11.1 Å². The molecule has 0 amide bonds. The van der Waals surface area contributed by atoms with Gasteiger partial charge in [-0.15, -0.1) is 0 Å². The molecule has 4 rings (SSSR count). The monoisotopic (exact) mass is 424 g/mol. The summed E-state index contributed by atoms with van der Waals surface area (Å²) in [5.74, 6) is 0. The summed E-state index contributed by atoms with van der Waals surface area (Å²) in [6.45, 7) is 3.11. The molecule has 4 heteroatoms. The van der Waals surface area contributed by atoms with Crippen molar-refractivity contribution >= 4 is 31.9 Å². The van der Waals surface area contributed by atoms with E-state index in [-0.39, 0.29) is 0 Å². The summed E-state index contributed by atoms with van der Waals surface area (Å²) in [5, 5.41) is 0. The predicted molar refractivity (Wildman–Crippen MR) is 96.3 cm³/mol. The number of halogens is 2. The second-order valence-electron chi connectivity index (χ2n) is 5.33. The normalized spacial score (nSPS) is 16.1. The Morgan fingerprint density at radius 3 is 1.41 bits per heavy atom. The van der Waals surface area contributed by atoms with Crippen LogP contribution >= 0.6 is 31.9 Å². The first-order valence-corrected chi connectivity index (χ1v) is 9.05. The third-order valence-corrected chi connectivity index (χ3v) is 4.82. The van der Waals surface area contributed by atoms with Crippen LogP contribution in [0.25, 0.3) is 11.1 Å². The third kappa shape index (κ3) is 3.99. The first-order valence-electron chi connectivity index (χ1n) is 7.47.